The summed E-state index contributed by atoms with van der Waals surface area (Å²) in [4.78, 5) is 7.48. The predicted octanol–water partition coefficient (Wildman–Crippen LogP) is 5.90. The Morgan fingerprint density at radius 3 is 2.61 bits per heavy atom. The van der Waals surface area contributed by atoms with E-state index in [0.29, 0.717) is 11.6 Å². The molecule has 0 radical (unpaired) electrons. The fourth-order valence-electron chi connectivity index (χ4n) is 2.45. The van der Waals surface area contributed by atoms with Crippen molar-refractivity contribution in [2.75, 3.05) is 0 Å². The van der Waals surface area contributed by atoms with E-state index in [4.69, 9.17) is 9.95 Å². The predicted molar refractivity (Wildman–Crippen MR) is 90.2 cm³/mol. The highest BCUT2D eigenvalue weighted by Crippen LogP contribution is 2.31. The van der Waals surface area contributed by atoms with E-state index in [1.54, 1.807) is 12.1 Å². The van der Waals surface area contributed by atoms with Crippen molar-refractivity contribution in [1.29, 1.82) is 0 Å². The van der Waals surface area contributed by atoms with Crippen LogP contribution >= 0.6 is 0 Å². The van der Waals surface area contributed by atoms with Gasteiger partial charge in [0.2, 0.25) is 5.89 Å². The third-order valence-corrected chi connectivity index (χ3v) is 3.47. The fourth-order valence-corrected chi connectivity index (χ4v) is 2.45. The monoisotopic (exact) mass is 304 g/mol. The summed E-state index contributed by atoms with van der Waals surface area (Å²) in [5.74, 6) is 1.42. The number of benzene rings is 2. The molecule has 3 aromatic rings. The van der Waals surface area contributed by atoms with E-state index < -0.39 is 0 Å². The summed E-state index contributed by atoms with van der Waals surface area (Å²) in [6.07, 6.45) is 1.81. The molecule has 0 amide bonds. The lowest BCUT2D eigenvalue weighted by Crippen LogP contribution is -1.85. The van der Waals surface area contributed by atoms with Crippen LogP contribution in [0.25, 0.3) is 33.2 Å². The number of rotatable bonds is 5. The topological polar surface area (TPSA) is 74.8 Å². The highest BCUT2D eigenvalue weighted by molar-refractivity contribution is 5.67. The van der Waals surface area contributed by atoms with Crippen LogP contribution < -0.4 is 0 Å². The van der Waals surface area contributed by atoms with Crippen LogP contribution in [0, 0.1) is 0 Å². The standard InChI is InChI=1S/C18H16N4O/c1-2-7-16-17(13-8-4-3-5-9-13)20-18(23-16)14-10-6-11-15(12-14)21-22-19/h3-6,8-12H,2,7H2,1H3. The lowest BCUT2D eigenvalue weighted by atomic mass is 10.1. The van der Waals surface area contributed by atoms with Crippen molar-refractivity contribution in [1.82, 2.24) is 4.98 Å². The van der Waals surface area contributed by atoms with Gasteiger partial charge in [-0.15, -0.1) is 0 Å². The number of oxazole rings is 1. The van der Waals surface area contributed by atoms with Gasteiger partial charge in [0.15, 0.2) is 0 Å². The summed E-state index contributed by atoms with van der Waals surface area (Å²) in [5, 5.41) is 3.63. The largest absolute Gasteiger partial charge is 0.441 e. The molecule has 0 aliphatic carbocycles. The molecule has 114 valence electrons. The van der Waals surface area contributed by atoms with Crippen LogP contribution in [0.4, 0.5) is 5.69 Å². The number of hydrogen-bond acceptors (Lipinski definition) is 3. The first-order chi connectivity index (χ1) is 11.3. The molecule has 3 rings (SSSR count). The van der Waals surface area contributed by atoms with Gasteiger partial charge in [0.05, 0.1) is 0 Å². The smallest absolute Gasteiger partial charge is 0.226 e. The van der Waals surface area contributed by atoms with Crippen LogP contribution in [-0.2, 0) is 6.42 Å². The van der Waals surface area contributed by atoms with Crippen LogP contribution in [0.1, 0.15) is 19.1 Å². The van der Waals surface area contributed by atoms with Crippen molar-refractivity contribution in [3.05, 3.63) is 70.8 Å². The lowest BCUT2D eigenvalue weighted by molar-refractivity contribution is 0.515. The molecule has 0 saturated heterocycles. The van der Waals surface area contributed by atoms with Crippen molar-refractivity contribution in [3.8, 4) is 22.7 Å². The Kier molecular flexibility index (Phi) is 4.41. The SMILES string of the molecule is CCCc1oc(-c2cccc(N=[N+]=[N-])c2)nc1-c1ccccc1. The van der Waals surface area contributed by atoms with Crippen LogP contribution in [0.2, 0.25) is 0 Å². The number of azide groups is 1. The Morgan fingerprint density at radius 1 is 1.09 bits per heavy atom. The summed E-state index contributed by atoms with van der Waals surface area (Å²) in [7, 11) is 0. The Balaban J connectivity index is 2.07. The first kappa shape index (κ1) is 14.9. The molecule has 0 atom stereocenters. The number of hydrogen-bond donors (Lipinski definition) is 0. The van der Waals surface area contributed by atoms with Gasteiger partial charge in [0, 0.05) is 28.1 Å². The van der Waals surface area contributed by atoms with E-state index in [-0.39, 0.29) is 0 Å². The van der Waals surface area contributed by atoms with E-state index in [9.17, 15) is 0 Å². The Hall–Kier alpha value is -3.04. The highest BCUT2D eigenvalue weighted by Gasteiger charge is 2.15. The van der Waals surface area contributed by atoms with Gasteiger partial charge in [-0.2, -0.15) is 0 Å². The second kappa shape index (κ2) is 6.81. The maximum atomic E-state index is 8.57. The molecule has 0 spiro atoms. The number of aromatic nitrogens is 1. The molecular formula is C18H16N4O. The van der Waals surface area contributed by atoms with Crippen molar-refractivity contribution >= 4 is 5.69 Å². The first-order valence-corrected chi connectivity index (χ1v) is 7.52. The molecule has 1 aromatic heterocycles. The van der Waals surface area contributed by atoms with E-state index in [0.717, 1.165) is 35.4 Å². The summed E-state index contributed by atoms with van der Waals surface area (Å²) >= 11 is 0. The highest BCUT2D eigenvalue weighted by atomic mass is 16.4. The van der Waals surface area contributed by atoms with E-state index in [1.165, 1.54) is 0 Å². The molecule has 5 heteroatoms. The average molecular weight is 304 g/mol. The third-order valence-electron chi connectivity index (χ3n) is 3.47. The van der Waals surface area contributed by atoms with Gasteiger partial charge >= 0.3 is 0 Å². The number of nitrogens with zero attached hydrogens (tertiary/aromatic N) is 4. The zero-order valence-corrected chi connectivity index (χ0v) is 12.8. The summed E-state index contributed by atoms with van der Waals surface area (Å²) < 4.78 is 5.98. The molecule has 1 heterocycles. The Morgan fingerprint density at radius 2 is 1.87 bits per heavy atom. The molecule has 0 aliphatic rings. The first-order valence-electron chi connectivity index (χ1n) is 7.52. The molecule has 0 N–H and O–H groups in total. The molecule has 0 fully saturated rings. The quantitative estimate of drug-likeness (QED) is 0.334. The molecule has 5 nitrogen and oxygen atoms in total. The normalized spacial score (nSPS) is 10.3. The maximum Gasteiger partial charge on any atom is 0.226 e. The van der Waals surface area contributed by atoms with Crippen LogP contribution in [0.3, 0.4) is 0 Å². The van der Waals surface area contributed by atoms with Gasteiger partial charge in [-0.1, -0.05) is 54.5 Å². The molecule has 2 aromatic carbocycles. The lowest BCUT2D eigenvalue weighted by Gasteiger charge is -1.98. The summed E-state index contributed by atoms with van der Waals surface area (Å²) in [6, 6.07) is 17.2. The molecule has 0 saturated carbocycles. The van der Waals surface area contributed by atoms with Crippen molar-refractivity contribution in [2.24, 2.45) is 5.11 Å². The second-order valence-corrected chi connectivity index (χ2v) is 5.15. The van der Waals surface area contributed by atoms with Gasteiger partial charge in [-0.05, 0) is 24.1 Å². The zero-order chi connectivity index (χ0) is 16.1. The minimum Gasteiger partial charge on any atom is -0.441 e. The van der Waals surface area contributed by atoms with Crippen LogP contribution in [0.15, 0.2) is 64.1 Å². The van der Waals surface area contributed by atoms with Crippen molar-refractivity contribution in [3.63, 3.8) is 0 Å². The van der Waals surface area contributed by atoms with E-state index in [1.807, 2.05) is 42.5 Å². The second-order valence-electron chi connectivity index (χ2n) is 5.15. The third kappa shape index (κ3) is 3.25. The molecule has 23 heavy (non-hydrogen) atoms. The zero-order valence-electron chi connectivity index (χ0n) is 12.8. The van der Waals surface area contributed by atoms with E-state index in [2.05, 4.69) is 21.9 Å². The van der Waals surface area contributed by atoms with Gasteiger partial charge in [-0.3, -0.25) is 0 Å². The van der Waals surface area contributed by atoms with Gasteiger partial charge in [0.1, 0.15) is 11.5 Å². The molecule has 0 aliphatic heterocycles. The number of aryl methyl sites for hydroxylation is 1. The minimum absolute atomic E-state index is 0.543. The van der Waals surface area contributed by atoms with Crippen molar-refractivity contribution in [2.45, 2.75) is 19.8 Å². The Bertz CT molecular complexity index is 848. The summed E-state index contributed by atoms with van der Waals surface area (Å²) in [5.41, 5.74) is 11.8. The van der Waals surface area contributed by atoms with Crippen LogP contribution in [-0.4, -0.2) is 4.98 Å². The fraction of sp³-hybridized carbons (Fsp3) is 0.167. The summed E-state index contributed by atoms with van der Waals surface area (Å²) in [6.45, 7) is 2.11. The van der Waals surface area contributed by atoms with Gasteiger partial charge < -0.3 is 4.42 Å². The minimum atomic E-state index is 0.543. The van der Waals surface area contributed by atoms with Gasteiger partial charge in [-0.25, -0.2) is 4.98 Å². The van der Waals surface area contributed by atoms with E-state index >= 15 is 0 Å². The van der Waals surface area contributed by atoms with Crippen molar-refractivity contribution < 1.29 is 4.42 Å². The molecule has 0 unspecified atom stereocenters. The maximum absolute atomic E-state index is 8.57. The Labute approximate surface area is 134 Å². The molecule has 0 bridgehead atoms. The van der Waals surface area contributed by atoms with Crippen LogP contribution in [0.5, 0.6) is 0 Å². The average Bonchev–Trinajstić information content (AvgIpc) is 3.01. The van der Waals surface area contributed by atoms with Gasteiger partial charge in [0.25, 0.3) is 0 Å². The molecular weight excluding hydrogens is 288 g/mol.